The zero-order valence-corrected chi connectivity index (χ0v) is 13.4. The third-order valence-corrected chi connectivity index (χ3v) is 4.12. The van der Waals surface area contributed by atoms with E-state index in [1.807, 2.05) is 30.3 Å². The van der Waals surface area contributed by atoms with E-state index >= 15 is 0 Å². The lowest BCUT2D eigenvalue weighted by molar-refractivity contribution is 0.165. The van der Waals surface area contributed by atoms with E-state index in [1.54, 1.807) is 19.2 Å². The van der Waals surface area contributed by atoms with Gasteiger partial charge in [-0.05, 0) is 54.7 Å². The Morgan fingerprint density at radius 2 is 1.67 bits per heavy atom. The molecule has 2 aromatic carbocycles. The molecule has 2 nitrogen and oxygen atoms in total. The summed E-state index contributed by atoms with van der Waals surface area (Å²) in [5.41, 5.74) is 2.18. The van der Waals surface area contributed by atoms with E-state index in [0.29, 0.717) is 22.9 Å². The number of methoxy groups -OCH3 is 1. The van der Waals surface area contributed by atoms with Gasteiger partial charge in [-0.25, -0.2) is 0 Å². The van der Waals surface area contributed by atoms with Crippen LogP contribution in [0.15, 0.2) is 42.5 Å². The Bertz CT molecular complexity index is 582. The number of benzene rings is 2. The molecule has 0 saturated carbocycles. The molecule has 0 bridgehead atoms. The fraction of sp³-hybridized carbons (Fsp3) is 0.294. The maximum atomic E-state index is 10.1. The Morgan fingerprint density at radius 3 is 2.29 bits per heavy atom. The molecule has 1 atom stereocenters. The molecule has 0 aliphatic rings. The predicted octanol–water partition coefficient (Wildman–Crippen LogP) is 4.54. The molecule has 0 aliphatic heterocycles. The second-order valence-corrected chi connectivity index (χ2v) is 5.81. The summed E-state index contributed by atoms with van der Waals surface area (Å²) in [6, 6.07) is 13.4. The van der Waals surface area contributed by atoms with Crippen molar-refractivity contribution in [3.63, 3.8) is 0 Å². The fourth-order valence-electron chi connectivity index (χ4n) is 2.17. The molecule has 1 N–H and O–H groups in total. The van der Waals surface area contributed by atoms with Crippen molar-refractivity contribution >= 4 is 23.2 Å². The van der Waals surface area contributed by atoms with Crippen LogP contribution in [0.4, 0.5) is 0 Å². The summed E-state index contributed by atoms with van der Waals surface area (Å²) in [5, 5.41) is 11.2. The molecule has 2 aromatic rings. The van der Waals surface area contributed by atoms with E-state index in [1.165, 1.54) is 5.56 Å². The summed E-state index contributed by atoms with van der Waals surface area (Å²) in [6.45, 7) is 0. The summed E-state index contributed by atoms with van der Waals surface area (Å²) >= 11 is 11.9. The third kappa shape index (κ3) is 4.92. The molecule has 0 radical (unpaired) electrons. The van der Waals surface area contributed by atoms with E-state index in [0.717, 1.165) is 17.7 Å². The van der Waals surface area contributed by atoms with E-state index in [4.69, 9.17) is 27.9 Å². The van der Waals surface area contributed by atoms with Gasteiger partial charge in [0.1, 0.15) is 5.75 Å². The van der Waals surface area contributed by atoms with Crippen molar-refractivity contribution < 1.29 is 9.84 Å². The van der Waals surface area contributed by atoms with Gasteiger partial charge in [0.2, 0.25) is 0 Å². The van der Waals surface area contributed by atoms with Gasteiger partial charge in [-0.2, -0.15) is 0 Å². The minimum Gasteiger partial charge on any atom is -0.497 e. The molecular formula is C17H18Cl2O2. The number of halogens is 2. The van der Waals surface area contributed by atoms with Crippen molar-refractivity contribution in [2.45, 2.75) is 25.4 Å². The van der Waals surface area contributed by atoms with Crippen LogP contribution in [0.2, 0.25) is 10.0 Å². The Balaban J connectivity index is 1.86. The highest BCUT2D eigenvalue weighted by molar-refractivity contribution is 6.42. The predicted molar refractivity (Wildman–Crippen MR) is 87.5 cm³/mol. The highest BCUT2D eigenvalue weighted by atomic mass is 35.5. The topological polar surface area (TPSA) is 29.5 Å². The number of rotatable bonds is 6. The molecule has 0 amide bonds. The Hall–Kier alpha value is -1.22. The van der Waals surface area contributed by atoms with Gasteiger partial charge in [0.05, 0.1) is 23.3 Å². The molecular weight excluding hydrogens is 307 g/mol. The number of hydrogen-bond acceptors (Lipinski definition) is 2. The number of hydrogen-bond donors (Lipinski definition) is 1. The quantitative estimate of drug-likeness (QED) is 0.845. The van der Waals surface area contributed by atoms with Crippen LogP contribution >= 0.6 is 23.2 Å². The van der Waals surface area contributed by atoms with Crippen LogP contribution in [0.3, 0.4) is 0 Å². The third-order valence-electron chi connectivity index (χ3n) is 3.38. The summed E-state index contributed by atoms with van der Waals surface area (Å²) in [6.07, 6.45) is 1.70. The summed E-state index contributed by atoms with van der Waals surface area (Å²) in [5.74, 6) is 0.843. The lowest BCUT2D eigenvalue weighted by Gasteiger charge is -2.11. The molecule has 0 heterocycles. The van der Waals surface area contributed by atoms with Gasteiger partial charge in [0, 0.05) is 0 Å². The highest BCUT2D eigenvalue weighted by Gasteiger charge is 2.08. The minimum absolute atomic E-state index is 0.399. The van der Waals surface area contributed by atoms with Crippen molar-refractivity contribution in [3.05, 3.63) is 63.6 Å². The smallest absolute Gasteiger partial charge is 0.118 e. The van der Waals surface area contributed by atoms with Gasteiger partial charge in [-0.15, -0.1) is 0 Å². The highest BCUT2D eigenvalue weighted by Crippen LogP contribution is 2.23. The van der Waals surface area contributed by atoms with Crippen LogP contribution in [0, 0.1) is 0 Å². The van der Waals surface area contributed by atoms with Crippen LogP contribution in [-0.4, -0.2) is 18.3 Å². The largest absolute Gasteiger partial charge is 0.497 e. The average molecular weight is 325 g/mol. The Morgan fingerprint density at radius 1 is 1.00 bits per heavy atom. The minimum atomic E-state index is -0.399. The first-order valence-electron chi connectivity index (χ1n) is 6.83. The van der Waals surface area contributed by atoms with Gasteiger partial charge < -0.3 is 9.84 Å². The van der Waals surface area contributed by atoms with Gasteiger partial charge >= 0.3 is 0 Å². The lowest BCUT2D eigenvalue weighted by atomic mass is 10.0. The van der Waals surface area contributed by atoms with Crippen LogP contribution in [-0.2, 0) is 12.8 Å². The maximum Gasteiger partial charge on any atom is 0.118 e. The zero-order chi connectivity index (χ0) is 15.2. The number of aliphatic hydroxyl groups is 1. The van der Waals surface area contributed by atoms with Crippen molar-refractivity contribution in [2.75, 3.05) is 7.11 Å². The average Bonchev–Trinajstić information content (AvgIpc) is 2.49. The number of aryl methyl sites for hydroxylation is 1. The number of ether oxygens (including phenoxy) is 1. The Labute approximate surface area is 135 Å². The van der Waals surface area contributed by atoms with E-state index < -0.39 is 6.10 Å². The van der Waals surface area contributed by atoms with E-state index in [9.17, 15) is 5.11 Å². The molecule has 21 heavy (non-hydrogen) atoms. The van der Waals surface area contributed by atoms with Gasteiger partial charge in [-0.1, -0.05) is 41.4 Å². The monoisotopic (exact) mass is 324 g/mol. The summed E-state index contributed by atoms with van der Waals surface area (Å²) in [7, 11) is 1.65. The van der Waals surface area contributed by atoms with Crippen LogP contribution in [0.1, 0.15) is 17.5 Å². The van der Waals surface area contributed by atoms with E-state index in [2.05, 4.69) is 0 Å². The SMILES string of the molecule is COc1ccc(CCC(O)Cc2ccc(Cl)c(Cl)c2)cc1. The van der Waals surface area contributed by atoms with Crippen LogP contribution in [0.25, 0.3) is 0 Å². The number of aliphatic hydroxyl groups excluding tert-OH is 1. The first-order chi connectivity index (χ1) is 10.1. The van der Waals surface area contributed by atoms with Gasteiger partial charge in [-0.3, -0.25) is 0 Å². The second kappa shape index (κ2) is 7.69. The fourth-order valence-corrected chi connectivity index (χ4v) is 2.49. The van der Waals surface area contributed by atoms with Crippen molar-refractivity contribution in [2.24, 2.45) is 0 Å². The normalized spacial score (nSPS) is 12.2. The summed E-state index contributed by atoms with van der Waals surface area (Å²) in [4.78, 5) is 0. The molecule has 0 saturated heterocycles. The van der Waals surface area contributed by atoms with Gasteiger partial charge in [0.15, 0.2) is 0 Å². The van der Waals surface area contributed by atoms with Crippen LogP contribution < -0.4 is 4.74 Å². The molecule has 1 unspecified atom stereocenters. The second-order valence-electron chi connectivity index (χ2n) is 4.99. The van der Waals surface area contributed by atoms with Crippen molar-refractivity contribution in [1.82, 2.24) is 0 Å². The molecule has 4 heteroatoms. The first kappa shape index (κ1) is 16.2. The van der Waals surface area contributed by atoms with Crippen molar-refractivity contribution in [3.8, 4) is 5.75 Å². The van der Waals surface area contributed by atoms with E-state index in [-0.39, 0.29) is 0 Å². The molecule has 0 spiro atoms. The van der Waals surface area contributed by atoms with Crippen molar-refractivity contribution in [1.29, 1.82) is 0 Å². The maximum absolute atomic E-state index is 10.1. The molecule has 0 aromatic heterocycles. The standard InChI is InChI=1S/C17H18Cl2O2/c1-21-15-7-3-12(4-8-15)2-6-14(20)10-13-5-9-16(18)17(19)11-13/h3-5,7-9,11,14,20H,2,6,10H2,1H3. The lowest BCUT2D eigenvalue weighted by Crippen LogP contribution is -2.11. The molecule has 0 aliphatic carbocycles. The van der Waals surface area contributed by atoms with Gasteiger partial charge in [0.25, 0.3) is 0 Å². The van der Waals surface area contributed by atoms with Crippen LogP contribution in [0.5, 0.6) is 5.75 Å². The molecule has 0 fully saturated rings. The summed E-state index contributed by atoms with van der Waals surface area (Å²) < 4.78 is 5.12. The zero-order valence-electron chi connectivity index (χ0n) is 11.9. The molecule has 112 valence electrons. The first-order valence-corrected chi connectivity index (χ1v) is 7.59. The Kier molecular flexibility index (Phi) is 5.92. The molecule has 2 rings (SSSR count).